The van der Waals surface area contributed by atoms with Crippen molar-refractivity contribution in [3.05, 3.63) is 29.3 Å². The molecule has 2 aromatic rings. The van der Waals surface area contributed by atoms with Gasteiger partial charge in [-0.15, -0.1) is 11.3 Å². The molecule has 1 N–H and O–H groups in total. The molecule has 1 unspecified atom stereocenters. The van der Waals surface area contributed by atoms with Crippen LogP contribution in [0.2, 0.25) is 0 Å². The molecule has 1 atom stereocenters. The zero-order valence-electron chi connectivity index (χ0n) is 10.6. The minimum atomic E-state index is -0.688. The maximum Gasteiger partial charge on any atom is 0.303 e. The Labute approximate surface area is 115 Å². The Hall–Kier alpha value is -1.46. The molecule has 19 heavy (non-hydrogen) atoms. The van der Waals surface area contributed by atoms with Crippen LogP contribution in [-0.4, -0.2) is 34.0 Å². The van der Waals surface area contributed by atoms with Crippen LogP contribution in [0.25, 0.3) is 10.2 Å². The van der Waals surface area contributed by atoms with Crippen LogP contribution >= 0.6 is 11.3 Å². The summed E-state index contributed by atoms with van der Waals surface area (Å²) < 4.78 is 1.22. The standard InChI is InChI=1S/C14H16N2O2S/c17-14(18)7-10-5-6-16(8-10)9-13-15-11-3-1-2-4-12(11)19-13/h1-4,10H,5-9H2,(H,17,18). The number of aromatic nitrogens is 1. The first-order valence-electron chi connectivity index (χ1n) is 6.49. The lowest BCUT2D eigenvalue weighted by molar-refractivity contribution is -0.138. The van der Waals surface area contributed by atoms with Crippen LogP contribution < -0.4 is 0 Å². The van der Waals surface area contributed by atoms with Crippen molar-refractivity contribution in [3.8, 4) is 0 Å². The van der Waals surface area contributed by atoms with E-state index in [1.807, 2.05) is 18.2 Å². The molecule has 0 aliphatic carbocycles. The van der Waals surface area contributed by atoms with Gasteiger partial charge in [0.25, 0.3) is 0 Å². The van der Waals surface area contributed by atoms with E-state index < -0.39 is 5.97 Å². The summed E-state index contributed by atoms with van der Waals surface area (Å²) in [7, 11) is 0. The van der Waals surface area contributed by atoms with Gasteiger partial charge < -0.3 is 5.11 Å². The Bertz CT molecular complexity index is 563. The van der Waals surface area contributed by atoms with E-state index in [1.54, 1.807) is 11.3 Å². The Morgan fingerprint density at radius 2 is 2.32 bits per heavy atom. The molecule has 0 bridgehead atoms. The molecule has 1 saturated heterocycles. The third kappa shape index (κ3) is 2.93. The van der Waals surface area contributed by atoms with Crippen molar-refractivity contribution in [1.82, 2.24) is 9.88 Å². The minimum Gasteiger partial charge on any atom is -0.481 e. The highest BCUT2D eigenvalue weighted by molar-refractivity contribution is 7.18. The van der Waals surface area contributed by atoms with E-state index in [0.29, 0.717) is 5.92 Å². The number of benzene rings is 1. The van der Waals surface area contributed by atoms with Gasteiger partial charge in [-0.1, -0.05) is 12.1 Å². The van der Waals surface area contributed by atoms with Crippen LogP contribution in [0.15, 0.2) is 24.3 Å². The SMILES string of the molecule is O=C(O)CC1CCN(Cc2nc3ccccc3s2)C1. The summed E-state index contributed by atoms with van der Waals surface area (Å²) in [6.07, 6.45) is 1.27. The number of para-hydroxylation sites is 1. The summed E-state index contributed by atoms with van der Waals surface area (Å²) in [5.41, 5.74) is 1.06. The predicted octanol–water partition coefficient (Wildman–Crippen LogP) is 2.59. The van der Waals surface area contributed by atoms with Gasteiger partial charge in [0.1, 0.15) is 5.01 Å². The van der Waals surface area contributed by atoms with Gasteiger partial charge in [-0.25, -0.2) is 4.98 Å². The molecule has 1 aliphatic rings. The van der Waals surface area contributed by atoms with E-state index in [-0.39, 0.29) is 6.42 Å². The largest absolute Gasteiger partial charge is 0.481 e. The second-order valence-electron chi connectivity index (χ2n) is 5.06. The van der Waals surface area contributed by atoms with Crippen molar-refractivity contribution in [1.29, 1.82) is 0 Å². The van der Waals surface area contributed by atoms with Crippen molar-refractivity contribution in [3.63, 3.8) is 0 Å². The van der Waals surface area contributed by atoms with Crippen LogP contribution in [0, 0.1) is 5.92 Å². The Kier molecular flexibility index (Phi) is 3.48. The van der Waals surface area contributed by atoms with E-state index in [0.717, 1.165) is 36.6 Å². The van der Waals surface area contributed by atoms with Crippen molar-refractivity contribution in [2.45, 2.75) is 19.4 Å². The number of thiazole rings is 1. The van der Waals surface area contributed by atoms with E-state index in [1.165, 1.54) is 4.70 Å². The van der Waals surface area contributed by atoms with E-state index in [2.05, 4.69) is 16.0 Å². The predicted molar refractivity (Wildman–Crippen MR) is 75.3 cm³/mol. The first-order valence-corrected chi connectivity index (χ1v) is 7.31. The summed E-state index contributed by atoms with van der Waals surface area (Å²) in [6.45, 7) is 2.70. The topological polar surface area (TPSA) is 53.4 Å². The summed E-state index contributed by atoms with van der Waals surface area (Å²) >= 11 is 1.73. The molecule has 0 saturated carbocycles. The van der Waals surface area contributed by atoms with Crippen molar-refractivity contribution < 1.29 is 9.90 Å². The Balaban J connectivity index is 1.64. The lowest BCUT2D eigenvalue weighted by Gasteiger charge is -2.13. The normalized spacial score (nSPS) is 20.1. The molecular weight excluding hydrogens is 260 g/mol. The zero-order valence-corrected chi connectivity index (χ0v) is 11.4. The second kappa shape index (κ2) is 5.27. The van der Waals surface area contributed by atoms with Gasteiger partial charge in [-0.2, -0.15) is 0 Å². The molecule has 0 amide bonds. The number of carboxylic acids is 1. The maximum atomic E-state index is 10.7. The second-order valence-corrected chi connectivity index (χ2v) is 6.18. The van der Waals surface area contributed by atoms with E-state index in [9.17, 15) is 4.79 Å². The Morgan fingerprint density at radius 3 is 3.11 bits per heavy atom. The molecule has 100 valence electrons. The third-order valence-corrected chi connectivity index (χ3v) is 4.55. The molecule has 1 aliphatic heterocycles. The first kappa shape index (κ1) is 12.6. The van der Waals surface area contributed by atoms with Crippen LogP contribution in [0.4, 0.5) is 0 Å². The average Bonchev–Trinajstić information content (AvgIpc) is 2.94. The molecule has 1 aromatic heterocycles. The monoisotopic (exact) mass is 276 g/mol. The highest BCUT2D eigenvalue weighted by Gasteiger charge is 2.25. The fraction of sp³-hybridized carbons (Fsp3) is 0.429. The van der Waals surface area contributed by atoms with E-state index >= 15 is 0 Å². The fourth-order valence-electron chi connectivity index (χ4n) is 2.65. The van der Waals surface area contributed by atoms with Crippen molar-refractivity contribution in [2.24, 2.45) is 5.92 Å². The summed E-state index contributed by atoms with van der Waals surface area (Å²) in [6, 6.07) is 8.16. The summed E-state index contributed by atoms with van der Waals surface area (Å²) in [4.78, 5) is 17.6. The number of aliphatic carboxylic acids is 1. The average molecular weight is 276 g/mol. The third-order valence-electron chi connectivity index (χ3n) is 3.53. The van der Waals surface area contributed by atoms with Crippen molar-refractivity contribution in [2.75, 3.05) is 13.1 Å². The lowest BCUT2D eigenvalue weighted by Crippen LogP contribution is -2.20. The number of rotatable bonds is 4. The first-order chi connectivity index (χ1) is 9.20. The van der Waals surface area contributed by atoms with Crippen LogP contribution in [-0.2, 0) is 11.3 Å². The van der Waals surface area contributed by atoms with E-state index in [4.69, 9.17) is 5.11 Å². The van der Waals surface area contributed by atoms with Crippen LogP contribution in [0.1, 0.15) is 17.8 Å². The molecular formula is C14H16N2O2S. The number of fused-ring (bicyclic) bond motifs is 1. The molecule has 4 nitrogen and oxygen atoms in total. The number of carboxylic acid groups (broad SMARTS) is 1. The summed E-state index contributed by atoms with van der Waals surface area (Å²) in [5.74, 6) is -0.390. The van der Waals surface area contributed by atoms with Gasteiger partial charge >= 0.3 is 5.97 Å². The number of nitrogens with zero attached hydrogens (tertiary/aromatic N) is 2. The van der Waals surface area contributed by atoms with Crippen LogP contribution in [0.3, 0.4) is 0 Å². The highest BCUT2D eigenvalue weighted by Crippen LogP contribution is 2.26. The summed E-state index contributed by atoms with van der Waals surface area (Å²) in [5, 5.41) is 9.94. The lowest BCUT2D eigenvalue weighted by atomic mass is 10.1. The molecule has 0 spiro atoms. The maximum absolute atomic E-state index is 10.7. The number of hydrogen-bond donors (Lipinski definition) is 1. The van der Waals surface area contributed by atoms with Gasteiger partial charge in [0.05, 0.1) is 16.8 Å². The minimum absolute atomic E-state index is 0.288. The molecule has 5 heteroatoms. The van der Waals surface area contributed by atoms with Crippen LogP contribution in [0.5, 0.6) is 0 Å². The molecule has 1 aromatic carbocycles. The molecule has 3 rings (SSSR count). The van der Waals surface area contributed by atoms with Gasteiger partial charge in [-0.05, 0) is 31.0 Å². The smallest absolute Gasteiger partial charge is 0.303 e. The quantitative estimate of drug-likeness (QED) is 0.932. The van der Waals surface area contributed by atoms with Gasteiger partial charge in [0.15, 0.2) is 0 Å². The van der Waals surface area contributed by atoms with Crippen molar-refractivity contribution >= 4 is 27.5 Å². The Morgan fingerprint density at radius 1 is 1.47 bits per heavy atom. The zero-order chi connectivity index (χ0) is 13.2. The van der Waals surface area contributed by atoms with Gasteiger partial charge in [-0.3, -0.25) is 9.69 Å². The fourth-order valence-corrected chi connectivity index (χ4v) is 3.66. The highest BCUT2D eigenvalue weighted by atomic mass is 32.1. The number of carbonyl (C=O) groups is 1. The molecule has 0 radical (unpaired) electrons. The number of likely N-dealkylation sites (tertiary alicyclic amines) is 1. The number of hydrogen-bond acceptors (Lipinski definition) is 4. The van der Waals surface area contributed by atoms with Gasteiger partial charge in [0.2, 0.25) is 0 Å². The molecule has 2 heterocycles. The van der Waals surface area contributed by atoms with Gasteiger partial charge in [0, 0.05) is 13.0 Å². The molecule has 1 fully saturated rings.